The van der Waals surface area contributed by atoms with Crippen molar-refractivity contribution in [1.29, 1.82) is 0 Å². The third-order valence-corrected chi connectivity index (χ3v) is 2.90. The predicted molar refractivity (Wildman–Crippen MR) is 69.6 cm³/mol. The van der Waals surface area contributed by atoms with Crippen LogP contribution in [0, 0.1) is 12.8 Å². The minimum absolute atomic E-state index is 0.253. The highest BCUT2D eigenvalue weighted by Crippen LogP contribution is 2.20. The summed E-state index contributed by atoms with van der Waals surface area (Å²) in [4.78, 5) is 0. The van der Waals surface area contributed by atoms with E-state index < -0.39 is 0 Å². The molecule has 0 heterocycles. The second kappa shape index (κ2) is 6.38. The molecule has 3 nitrogen and oxygen atoms in total. The van der Waals surface area contributed by atoms with E-state index in [1.165, 1.54) is 5.56 Å². The zero-order valence-electron chi connectivity index (χ0n) is 10.2. The van der Waals surface area contributed by atoms with Gasteiger partial charge in [0.05, 0.1) is 11.4 Å². The Hall–Kier alpha value is -1.22. The monoisotopic (exact) mass is 222 g/mol. The molecule has 0 aromatic heterocycles. The van der Waals surface area contributed by atoms with E-state index in [0.29, 0.717) is 5.92 Å². The summed E-state index contributed by atoms with van der Waals surface area (Å²) in [5, 5.41) is 12.3. The van der Waals surface area contributed by atoms with Gasteiger partial charge >= 0.3 is 0 Å². The van der Waals surface area contributed by atoms with Crippen LogP contribution in [-0.2, 0) is 0 Å². The molecule has 0 radical (unpaired) electrons. The van der Waals surface area contributed by atoms with Crippen LogP contribution < -0.4 is 11.1 Å². The Morgan fingerprint density at radius 2 is 2.19 bits per heavy atom. The number of rotatable bonds is 6. The topological polar surface area (TPSA) is 58.3 Å². The average molecular weight is 222 g/mol. The molecule has 1 atom stereocenters. The summed E-state index contributed by atoms with van der Waals surface area (Å²) < 4.78 is 0. The Morgan fingerprint density at radius 3 is 2.81 bits per heavy atom. The summed E-state index contributed by atoms with van der Waals surface area (Å²) >= 11 is 0. The smallest absolute Gasteiger partial charge is 0.0576 e. The molecule has 3 heteroatoms. The summed E-state index contributed by atoms with van der Waals surface area (Å²) in [6, 6.07) is 5.98. The number of nitrogens with one attached hydrogen (secondary N) is 1. The lowest BCUT2D eigenvalue weighted by atomic mass is 10.0. The fraction of sp³-hybridized carbons (Fsp3) is 0.538. The van der Waals surface area contributed by atoms with Crippen LogP contribution in [-0.4, -0.2) is 18.3 Å². The van der Waals surface area contributed by atoms with E-state index in [9.17, 15) is 0 Å². The van der Waals surface area contributed by atoms with Gasteiger partial charge in [-0.25, -0.2) is 0 Å². The molecule has 0 aliphatic rings. The van der Waals surface area contributed by atoms with Crippen LogP contribution in [0.2, 0.25) is 0 Å². The maximum absolute atomic E-state index is 8.91. The first-order chi connectivity index (χ1) is 7.67. The number of benzene rings is 1. The first-order valence-electron chi connectivity index (χ1n) is 5.88. The third kappa shape index (κ3) is 3.74. The Kier molecular flexibility index (Phi) is 5.12. The molecule has 1 aromatic rings. The SMILES string of the molecule is CCC(CCO)CNc1cc(C)ccc1N. The zero-order valence-corrected chi connectivity index (χ0v) is 10.2. The van der Waals surface area contributed by atoms with Gasteiger partial charge in [-0.15, -0.1) is 0 Å². The summed E-state index contributed by atoms with van der Waals surface area (Å²) in [5.74, 6) is 0.505. The molecule has 1 unspecified atom stereocenters. The van der Waals surface area contributed by atoms with Crippen molar-refractivity contribution in [3.05, 3.63) is 23.8 Å². The Labute approximate surface area is 97.7 Å². The van der Waals surface area contributed by atoms with Crippen molar-refractivity contribution < 1.29 is 5.11 Å². The van der Waals surface area contributed by atoms with Crippen molar-refractivity contribution >= 4 is 11.4 Å². The number of hydrogen-bond donors (Lipinski definition) is 3. The highest BCUT2D eigenvalue weighted by molar-refractivity contribution is 5.66. The molecule has 0 spiro atoms. The molecule has 0 aliphatic heterocycles. The molecule has 0 saturated heterocycles. The lowest BCUT2D eigenvalue weighted by Crippen LogP contribution is -2.15. The maximum atomic E-state index is 8.91. The van der Waals surface area contributed by atoms with Crippen LogP contribution in [0.4, 0.5) is 11.4 Å². The zero-order chi connectivity index (χ0) is 12.0. The Morgan fingerprint density at radius 1 is 1.44 bits per heavy atom. The predicted octanol–water partition coefficient (Wildman–Crippen LogP) is 2.40. The highest BCUT2D eigenvalue weighted by Gasteiger charge is 2.06. The van der Waals surface area contributed by atoms with Gasteiger partial charge in [-0.1, -0.05) is 19.4 Å². The first-order valence-corrected chi connectivity index (χ1v) is 5.88. The molecule has 0 fully saturated rings. The lowest BCUT2D eigenvalue weighted by Gasteiger charge is -2.16. The van der Waals surface area contributed by atoms with Crippen molar-refractivity contribution in [3.63, 3.8) is 0 Å². The standard InChI is InChI=1S/C13H22N2O/c1-3-11(6-7-16)9-15-13-8-10(2)4-5-12(13)14/h4-5,8,11,15-16H,3,6-7,9,14H2,1-2H3. The summed E-state index contributed by atoms with van der Waals surface area (Å²) in [5.41, 5.74) is 8.86. The minimum atomic E-state index is 0.253. The molecular weight excluding hydrogens is 200 g/mol. The number of hydrogen-bond acceptors (Lipinski definition) is 3. The highest BCUT2D eigenvalue weighted by atomic mass is 16.3. The number of aliphatic hydroxyl groups is 1. The molecule has 90 valence electrons. The number of nitrogens with two attached hydrogens (primary N) is 1. The Balaban J connectivity index is 2.55. The second-order valence-electron chi connectivity index (χ2n) is 4.26. The molecule has 0 bridgehead atoms. The second-order valence-corrected chi connectivity index (χ2v) is 4.26. The molecule has 16 heavy (non-hydrogen) atoms. The molecule has 1 rings (SSSR count). The van der Waals surface area contributed by atoms with Gasteiger partial charge in [-0.3, -0.25) is 0 Å². The number of anilines is 2. The third-order valence-electron chi connectivity index (χ3n) is 2.90. The van der Waals surface area contributed by atoms with E-state index in [4.69, 9.17) is 10.8 Å². The van der Waals surface area contributed by atoms with Gasteiger partial charge in [0.25, 0.3) is 0 Å². The van der Waals surface area contributed by atoms with E-state index in [2.05, 4.69) is 25.2 Å². The minimum Gasteiger partial charge on any atom is -0.397 e. The molecular formula is C13H22N2O. The molecule has 1 aromatic carbocycles. The normalized spacial score (nSPS) is 12.4. The van der Waals surface area contributed by atoms with Crippen molar-refractivity contribution in [2.75, 3.05) is 24.2 Å². The van der Waals surface area contributed by atoms with Gasteiger partial charge in [0.2, 0.25) is 0 Å². The van der Waals surface area contributed by atoms with Gasteiger partial charge in [0.1, 0.15) is 0 Å². The van der Waals surface area contributed by atoms with Gasteiger partial charge in [0.15, 0.2) is 0 Å². The maximum Gasteiger partial charge on any atom is 0.0576 e. The van der Waals surface area contributed by atoms with E-state index in [0.717, 1.165) is 30.8 Å². The van der Waals surface area contributed by atoms with Crippen molar-refractivity contribution in [1.82, 2.24) is 0 Å². The number of nitrogen functional groups attached to an aromatic ring is 1. The van der Waals surface area contributed by atoms with Crippen LogP contribution >= 0.6 is 0 Å². The van der Waals surface area contributed by atoms with E-state index >= 15 is 0 Å². The largest absolute Gasteiger partial charge is 0.397 e. The molecule has 4 N–H and O–H groups in total. The molecule has 0 amide bonds. The molecule has 0 saturated carbocycles. The van der Waals surface area contributed by atoms with Crippen LogP contribution in [0.15, 0.2) is 18.2 Å². The Bertz CT molecular complexity index is 326. The van der Waals surface area contributed by atoms with Crippen molar-refractivity contribution in [3.8, 4) is 0 Å². The fourth-order valence-electron chi connectivity index (χ4n) is 1.71. The van der Waals surface area contributed by atoms with Gasteiger partial charge in [-0.2, -0.15) is 0 Å². The van der Waals surface area contributed by atoms with E-state index in [-0.39, 0.29) is 6.61 Å². The quantitative estimate of drug-likeness (QED) is 0.648. The fourth-order valence-corrected chi connectivity index (χ4v) is 1.71. The van der Waals surface area contributed by atoms with Crippen LogP contribution in [0.1, 0.15) is 25.3 Å². The van der Waals surface area contributed by atoms with Crippen LogP contribution in [0.25, 0.3) is 0 Å². The number of aryl methyl sites for hydroxylation is 1. The lowest BCUT2D eigenvalue weighted by molar-refractivity contribution is 0.258. The summed E-state index contributed by atoms with van der Waals surface area (Å²) in [6.45, 7) is 5.31. The van der Waals surface area contributed by atoms with Crippen molar-refractivity contribution in [2.45, 2.75) is 26.7 Å². The van der Waals surface area contributed by atoms with Gasteiger partial charge in [0, 0.05) is 13.2 Å². The number of aliphatic hydroxyl groups excluding tert-OH is 1. The van der Waals surface area contributed by atoms with Crippen molar-refractivity contribution in [2.24, 2.45) is 5.92 Å². The van der Waals surface area contributed by atoms with Crippen LogP contribution in [0.3, 0.4) is 0 Å². The summed E-state index contributed by atoms with van der Waals surface area (Å²) in [6.07, 6.45) is 1.91. The van der Waals surface area contributed by atoms with E-state index in [1.54, 1.807) is 0 Å². The van der Waals surface area contributed by atoms with Crippen LogP contribution in [0.5, 0.6) is 0 Å². The van der Waals surface area contributed by atoms with Gasteiger partial charge in [-0.05, 0) is 37.0 Å². The molecule has 0 aliphatic carbocycles. The summed E-state index contributed by atoms with van der Waals surface area (Å²) in [7, 11) is 0. The van der Waals surface area contributed by atoms with E-state index in [1.807, 2.05) is 12.1 Å². The van der Waals surface area contributed by atoms with Gasteiger partial charge < -0.3 is 16.2 Å². The first kappa shape index (κ1) is 12.8. The average Bonchev–Trinajstić information content (AvgIpc) is 2.28.